The zero-order chi connectivity index (χ0) is 11.0. The Morgan fingerprint density at radius 1 is 1.21 bits per heavy atom. The Morgan fingerprint density at radius 3 is 1.86 bits per heavy atom. The third kappa shape index (κ3) is 5.13. The summed E-state index contributed by atoms with van der Waals surface area (Å²) < 4.78 is 38.4. The van der Waals surface area contributed by atoms with Crippen molar-refractivity contribution in [3.05, 3.63) is 24.7 Å². The van der Waals surface area contributed by atoms with Crippen LogP contribution >= 0.6 is 0 Å². The smallest absolute Gasteiger partial charge is 0.299 e. The van der Waals surface area contributed by atoms with Crippen molar-refractivity contribution in [3.8, 4) is 0 Å². The van der Waals surface area contributed by atoms with Gasteiger partial charge in [0, 0.05) is 0 Å². The zero-order valence-corrected chi connectivity index (χ0v) is 6.90. The van der Waals surface area contributed by atoms with E-state index in [1.165, 1.54) is 0 Å². The molecule has 0 aromatic carbocycles. The van der Waals surface area contributed by atoms with Gasteiger partial charge < -0.3 is 4.42 Å². The highest BCUT2D eigenvalue weighted by molar-refractivity contribution is 5.97. The molecule has 0 radical (unpaired) electrons. The minimum Gasteiger partial charge on any atom is -0.473 e. The Hall–Kier alpha value is -1.59. The molecule has 0 saturated carbocycles. The summed E-state index contributed by atoms with van der Waals surface area (Å²) in [6.07, 6.45) is -3.29. The Morgan fingerprint density at radius 2 is 1.71 bits per heavy atom. The van der Waals surface area contributed by atoms with Crippen LogP contribution in [0.4, 0.5) is 13.2 Å². The van der Waals surface area contributed by atoms with Gasteiger partial charge in [-0.1, -0.05) is 0 Å². The lowest BCUT2D eigenvalue weighted by Crippen LogP contribution is -2.23. The molecule has 0 bridgehead atoms. The van der Waals surface area contributed by atoms with Crippen LogP contribution in [0.25, 0.3) is 0 Å². The second-order valence-electron chi connectivity index (χ2n) is 2.03. The first-order valence-electron chi connectivity index (χ1n) is 3.48. The number of hydrogen-bond acceptors (Lipinski definition) is 3. The predicted octanol–water partition coefficient (Wildman–Crippen LogP) is 1.64. The molecular formula is C8H7F3O3. The van der Waals surface area contributed by atoms with E-state index in [-0.39, 0.29) is 0 Å². The molecule has 3 nitrogen and oxygen atoms in total. The maximum atomic E-state index is 11.6. The molecule has 1 rings (SSSR count). The molecule has 1 heterocycles. The summed E-state index contributed by atoms with van der Waals surface area (Å²) in [4.78, 5) is 19.0. The minimum atomic E-state index is -3.40. The maximum absolute atomic E-state index is 11.6. The maximum Gasteiger partial charge on any atom is 0.299 e. The summed E-state index contributed by atoms with van der Waals surface area (Å²) in [5.41, 5.74) is 0. The number of carbonyl (C=O) groups excluding carboxylic acids is 2. The summed E-state index contributed by atoms with van der Waals surface area (Å²) >= 11 is 0. The molecule has 14 heavy (non-hydrogen) atoms. The molecule has 0 aliphatic carbocycles. The fraction of sp³-hybridized carbons (Fsp3) is 0.250. The van der Waals surface area contributed by atoms with Gasteiger partial charge in [-0.05, 0) is 12.1 Å². The number of alkyl halides is 3. The number of rotatable bonds is 3. The molecule has 0 N–H and O–H groups in total. The zero-order valence-electron chi connectivity index (χ0n) is 6.90. The summed E-state index contributed by atoms with van der Waals surface area (Å²) in [5.74, 6) is -1.98. The summed E-state index contributed by atoms with van der Waals surface area (Å²) in [7, 11) is 0. The van der Waals surface area contributed by atoms with Crippen LogP contribution in [0.1, 0.15) is 0 Å². The van der Waals surface area contributed by atoms with E-state index >= 15 is 0 Å². The highest BCUT2D eigenvalue weighted by Gasteiger charge is 2.25. The van der Waals surface area contributed by atoms with E-state index in [9.17, 15) is 22.8 Å². The van der Waals surface area contributed by atoms with Crippen molar-refractivity contribution < 1.29 is 27.2 Å². The third-order valence-corrected chi connectivity index (χ3v) is 1.03. The van der Waals surface area contributed by atoms with E-state index in [0.717, 1.165) is 0 Å². The van der Waals surface area contributed by atoms with Crippen LogP contribution in [0.5, 0.6) is 0 Å². The first-order chi connectivity index (χ1) is 6.59. The van der Waals surface area contributed by atoms with Gasteiger partial charge in [-0.25, -0.2) is 13.2 Å². The number of halogens is 3. The van der Waals surface area contributed by atoms with Gasteiger partial charge in [0.25, 0.3) is 6.43 Å². The lowest BCUT2D eigenvalue weighted by atomic mass is 10.3. The molecule has 0 fully saturated rings. The van der Waals surface area contributed by atoms with Crippen LogP contribution < -0.4 is 0 Å². The number of hydrogen-bond donors (Lipinski definition) is 0. The SMILES string of the molecule is O=CC(F)C(=O)C(F)F.c1ccoc1. The van der Waals surface area contributed by atoms with E-state index in [1.807, 2.05) is 12.1 Å². The Bertz CT molecular complexity index is 242. The largest absolute Gasteiger partial charge is 0.473 e. The van der Waals surface area contributed by atoms with Crippen molar-refractivity contribution in [2.75, 3.05) is 0 Å². The van der Waals surface area contributed by atoms with Gasteiger partial charge in [-0.15, -0.1) is 0 Å². The van der Waals surface area contributed by atoms with Crippen LogP contribution in [0.2, 0.25) is 0 Å². The molecular weight excluding hydrogens is 201 g/mol. The van der Waals surface area contributed by atoms with Crippen molar-refractivity contribution in [1.29, 1.82) is 0 Å². The van der Waals surface area contributed by atoms with Gasteiger partial charge in [0.15, 0.2) is 6.29 Å². The number of Topliss-reactive ketones (excluding diaryl/α,β-unsaturated/α-hetero) is 1. The molecule has 0 aliphatic heterocycles. The minimum absolute atomic E-state index is 0.464. The third-order valence-electron chi connectivity index (χ3n) is 1.03. The second kappa shape index (κ2) is 6.88. The molecule has 1 atom stereocenters. The fourth-order valence-corrected chi connectivity index (χ4v) is 0.414. The van der Waals surface area contributed by atoms with E-state index in [0.29, 0.717) is 0 Å². The van der Waals surface area contributed by atoms with E-state index in [2.05, 4.69) is 4.42 Å². The summed E-state index contributed by atoms with van der Waals surface area (Å²) in [5, 5.41) is 0. The topological polar surface area (TPSA) is 47.3 Å². The van der Waals surface area contributed by atoms with Crippen molar-refractivity contribution in [3.63, 3.8) is 0 Å². The quantitative estimate of drug-likeness (QED) is 0.560. The lowest BCUT2D eigenvalue weighted by molar-refractivity contribution is -0.137. The molecule has 6 heteroatoms. The predicted molar refractivity (Wildman–Crippen MR) is 40.7 cm³/mol. The van der Waals surface area contributed by atoms with Crippen molar-refractivity contribution >= 4 is 12.1 Å². The lowest BCUT2D eigenvalue weighted by Gasteiger charge is -1.94. The van der Waals surface area contributed by atoms with Crippen LogP contribution in [0.15, 0.2) is 29.1 Å². The standard InChI is InChI=1S/C4H3F3O2.C4H4O/c5-2(1-8)3(9)4(6)7;1-2-4-5-3-1/h1-2,4H;1-4H. The first kappa shape index (κ1) is 12.4. The van der Waals surface area contributed by atoms with E-state index < -0.39 is 24.7 Å². The van der Waals surface area contributed by atoms with Gasteiger partial charge in [0.2, 0.25) is 12.0 Å². The molecule has 0 aliphatic rings. The number of ketones is 1. The fourth-order valence-electron chi connectivity index (χ4n) is 0.414. The van der Waals surface area contributed by atoms with Crippen molar-refractivity contribution in [2.24, 2.45) is 0 Å². The van der Waals surface area contributed by atoms with Crippen LogP contribution in [-0.4, -0.2) is 24.7 Å². The van der Waals surface area contributed by atoms with Crippen LogP contribution in [-0.2, 0) is 9.59 Å². The van der Waals surface area contributed by atoms with Gasteiger partial charge in [-0.3, -0.25) is 9.59 Å². The molecule has 1 aromatic heterocycles. The monoisotopic (exact) mass is 208 g/mol. The Labute approximate surface area is 77.5 Å². The van der Waals surface area contributed by atoms with E-state index in [4.69, 9.17) is 0 Å². The highest BCUT2D eigenvalue weighted by atomic mass is 19.3. The van der Waals surface area contributed by atoms with Crippen molar-refractivity contribution in [1.82, 2.24) is 0 Å². The average molecular weight is 208 g/mol. The van der Waals surface area contributed by atoms with Gasteiger partial charge >= 0.3 is 0 Å². The first-order valence-corrected chi connectivity index (χ1v) is 3.48. The molecule has 1 aromatic rings. The average Bonchev–Trinajstić information content (AvgIpc) is 2.73. The van der Waals surface area contributed by atoms with Gasteiger partial charge in [-0.2, -0.15) is 0 Å². The number of furan rings is 1. The molecule has 78 valence electrons. The Kier molecular flexibility index (Phi) is 6.09. The van der Waals surface area contributed by atoms with Crippen LogP contribution in [0, 0.1) is 0 Å². The molecule has 0 amide bonds. The number of aldehydes is 1. The number of carbonyl (C=O) groups is 2. The normalized spacial score (nSPS) is 11.4. The van der Waals surface area contributed by atoms with Crippen molar-refractivity contribution in [2.45, 2.75) is 12.6 Å². The van der Waals surface area contributed by atoms with E-state index in [1.54, 1.807) is 12.5 Å². The molecule has 1 unspecified atom stereocenters. The summed E-state index contributed by atoms with van der Waals surface area (Å²) in [6, 6.07) is 3.67. The van der Waals surface area contributed by atoms with Gasteiger partial charge in [0.05, 0.1) is 12.5 Å². The Balaban J connectivity index is 0.000000280. The highest BCUT2D eigenvalue weighted by Crippen LogP contribution is 1.99. The second-order valence-corrected chi connectivity index (χ2v) is 2.03. The molecule has 0 saturated heterocycles. The van der Waals surface area contributed by atoms with Gasteiger partial charge in [0.1, 0.15) is 0 Å². The summed E-state index contributed by atoms with van der Waals surface area (Å²) in [6.45, 7) is 0. The molecule has 0 spiro atoms. The van der Waals surface area contributed by atoms with Crippen LogP contribution in [0.3, 0.4) is 0 Å².